The van der Waals surface area contributed by atoms with Gasteiger partial charge in [0.05, 0.1) is 26.4 Å². The van der Waals surface area contributed by atoms with Crippen LogP contribution in [0.25, 0.3) is 0 Å². The molecule has 0 saturated carbocycles. The molecule has 1 aliphatic heterocycles. The minimum Gasteiger partial charge on any atom is -0.321 e. The fraction of sp³-hybridized carbons (Fsp3) is 0.176. The van der Waals surface area contributed by atoms with Crippen molar-refractivity contribution in [3.8, 4) is 0 Å². The monoisotopic (exact) mass is 382 g/mol. The summed E-state index contributed by atoms with van der Waals surface area (Å²) in [5.74, 6) is -0.351. The normalized spacial score (nSPS) is 14.1. The number of hydrogen-bond acceptors (Lipinski definition) is 2. The van der Waals surface area contributed by atoms with Crippen molar-refractivity contribution in [2.75, 3.05) is 16.8 Å². The molecular weight excluding hydrogens is 371 g/mol. The summed E-state index contributed by atoms with van der Waals surface area (Å²) in [5.41, 5.74) is 1.34. The number of carbonyl (C=O) groups excluding carboxylic acids is 2. The third-order valence-corrected chi connectivity index (χ3v) is 4.91. The topological polar surface area (TPSA) is 49.4 Å². The molecule has 0 bridgehead atoms. The predicted octanol–water partition coefficient (Wildman–Crippen LogP) is 5.03. The highest BCUT2D eigenvalue weighted by atomic mass is 35.5. The van der Waals surface area contributed by atoms with Crippen molar-refractivity contribution in [2.45, 2.75) is 12.8 Å². The number of nitrogens with one attached hydrogen (secondary N) is 1. The Morgan fingerprint density at radius 3 is 2.58 bits per heavy atom. The molecule has 3 rings (SSSR count). The summed E-state index contributed by atoms with van der Waals surface area (Å²) in [6.45, 7) is 0.601. The number of halogens is 3. The summed E-state index contributed by atoms with van der Waals surface area (Å²) in [4.78, 5) is 26.0. The Labute approximate surface area is 154 Å². The number of nitrogens with zero attached hydrogens (tertiary/aromatic N) is 1. The average molecular weight is 384 g/mol. The lowest BCUT2D eigenvalue weighted by atomic mass is 10.1. The lowest BCUT2D eigenvalue weighted by Gasteiger charge is -2.18. The Kier molecular flexibility index (Phi) is 4.99. The molecule has 0 unspecified atom stereocenters. The lowest BCUT2D eigenvalue weighted by Crippen LogP contribution is -2.24. The first-order valence-corrected chi connectivity index (χ1v) is 8.46. The quantitative estimate of drug-likeness (QED) is 0.808. The molecule has 1 aliphatic rings. The Hall–Kier alpha value is -1.75. The van der Waals surface area contributed by atoms with Crippen molar-refractivity contribution in [1.29, 1.82) is 0 Å². The van der Waals surface area contributed by atoms with E-state index >= 15 is 0 Å². The zero-order valence-electron chi connectivity index (χ0n) is 12.5. The molecule has 24 heavy (non-hydrogen) atoms. The van der Waals surface area contributed by atoms with E-state index in [-0.39, 0.29) is 16.8 Å². The van der Waals surface area contributed by atoms with E-state index in [4.69, 9.17) is 34.8 Å². The van der Waals surface area contributed by atoms with Gasteiger partial charge in [-0.05, 0) is 36.8 Å². The van der Waals surface area contributed by atoms with Crippen LogP contribution in [0.4, 0.5) is 11.4 Å². The van der Waals surface area contributed by atoms with E-state index in [1.807, 2.05) is 0 Å². The van der Waals surface area contributed by atoms with Gasteiger partial charge in [-0.1, -0.05) is 40.9 Å². The summed E-state index contributed by atoms with van der Waals surface area (Å²) in [6, 6.07) is 9.81. The minimum absolute atomic E-state index is 0.00680. The van der Waals surface area contributed by atoms with Crippen LogP contribution < -0.4 is 10.2 Å². The number of rotatable bonds is 3. The van der Waals surface area contributed by atoms with Crippen LogP contribution in [0, 0.1) is 0 Å². The van der Waals surface area contributed by atoms with Crippen LogP contribution >= 0.6 is 34.8 Å². The van der Waals surface area contributed by atoms with Gasteiger partial charge >= 0.3 is 0 Å². The zero-order valence-corrected chi connectivity index (χ0v) is 14.8. The van der Waals surface area contributed by atoms with Crippen LogP contribution in [-0.2, 0) is 4.79 Å². The van der Waals surface area contributed by atoms with Crippen LogP contribution in [0.2, 0.25) is 15.1 Å². The minimum atomic E-state index is -0.358. The summed E-state index contributed by atoms with van der Waals surface area (Å²) >= 11 is 18.2. The fourth-order valence-corrected chi connectivity index (χ4v) is 3.13. The summed E-state index contributed by atoms with van der Waals surface area (Å²) < 4.78 is 0. The van der Waals surface area contributed by atoms with Crippen LogP contribution in [0.3, 0.4) is 0 Å². The van der Waals surface area contributed by atoms with Crippen LogP contribution in [0.1, 0.15) is 23.2 Å². The molecule has 2 aromatic rings. The molecule has 0 spiro atoms. The molecule has 1 heterocycles. The Morgan fingerprint density at radius 2 is 1.88 bits per heavy atom. The molecular formula is C17H13Cl3N2O2. The van der Waals surface area contributed by atoms with Gasteiger partial charge in [0, 0.05) is 18.5 Å². The van der Waals surface area contributed by atoms with Crippen molar-refractivity contribution in [3.05, 3.63) is 57.0 Å². The van der Waals surface area contributed by atoms with Crippen molar-refractivity contribution < 1.29 is 9.59 Å². The highest BCUT2D eigenvalue weighted by Gasteiger charge is 2.24. The van der Waals surface area contributed by atoms with Gasteiger partial charge in [0.1, 0.15) is 0 Å². The van der Waals surface area contributed by atoms with Crippen molar-refractivity contribution in [3.63, 3.8) is 0 Å². The molecule has 1 saturated heterocycles. The number of carbonyl (C=O) groups is 2. The molecule has 124 valence electrons. The molecule has 2 amide bonds. The van der Waals surface area contributed by atoms with E-state index in [2.05, 4.69) is 5.32 Å². The Morgan fingerprint density at radius 1 is 1.08 bits per heavy atom. The number of anilines is 2. The first kappa shape index (κ1) is 17.1. The van der Waals surface area contributed by atoms with Gasteiger partial charge in [0.15, 0.2) is 0 Å². The van der Waals surface area contributed by atoms with Gasteiger partial charge in [-0.25, -0.2) is 0 Å². The second kappa shape index (κ2) is 7.01. The molecule has 0 aromatic heterocycles. The van der Waals surface area contributed by atoms with E-state index in [0.29, 0.717) is 39.9 Å². The smallest absolute Gasteiger partial charge is 0.255 e. The van der Waals surface area contributed by atoms with Crippen LogP contribution in [0.15, 0.2) is 36.4 Å². The van der Waals surface area contributed by atoms with Gasteiger partial charge in [-0.2, -0.15) is 0 Å². The second-order valence-electron chi connectivity index (χ2n) is 5.37. The van der Waals surface area contributed by atoms with Gasteiger partial charge in [-0.3, -0.25) is 9.59 Å². The number of hydrogen-bond donors (Lipinski definition) is 1. The molecule has 0 radical (unpaired) electrons. The highest BCUT2D eigenvalue weighted by Crippen LogP contribution is 2.32. The Bertz CT molecular complexity index is 823. The van der Waals surface area contributed by atoms with E-state index in [1.165, 1.54) is 0 Å². The predicted molar refractivity (Wildman–Crippen MR) is 97.5 cm³/mol. The Balaban J connectivity index is 1.88. The average Bonchev–Trinajstić information content (AvgIpc) is 2.98. The number of benzene rings is 2. The molecule has 0 atom stereocenters. The van der Waals surface area contributed by atoms with Crippen molar-refractivity contribution >= 4 is 58.0 Å². The third kappa shape index (κ3) is 3.36. The van der Waals surface area contributed by atoms with E-state index < -0.39 is 0 Å². The molecule has 1 N–H and O–H groups in total. The maximum atomic E-state index is 12.5. The molecule has 2 aromatic carbocycles. The fourth-order valence-electron chi connectivity index (χ4n) is 2.56. The second-order valence-corrected chi connectivity index (χ2v) is 6.56. The summed E-state index contributed by atoms with van der Waals surface area (Å²) in [6.07, 6.45) is 1.27. The van der Waals surface area contributed by atoms with Crippen LogP contribution in [0.5, 0.6) is 0 Å². The highest BCUT2D eigenvalue weighted by molar-refractivity contribution is 6.44. The SMILES string of the molecule is O=C(Nc1cccc(Cl)c1Cl)c1ccc(Cl)c(N2CCCC2=O)c1. The number of amides is 2. The van der Waals surface area contributed by atoms with E-state index in [0.717, 1.165) is 6.42 Å². The molecule has 0 aliphatic carbocycles. The summed E-state index contributed by atoms with van der Waals surface area (Å²) in [5, 5.41) is 3.78. The molecule has 1 fully saturated rings. The zero-order chi connectivity index (χ0) is 17.3. The van der Waals surface area contributed by atoms with E-state index in [9.17, 15) is 9.59 Å². The van der Waals surface area contributed by atoms with Gasteiger partial charge < -0.3 is 10.2 Å². The first-order chi connectivity index (χ1) is 11.5. The standard InChI is InChI=1S/C17H13Cl3N2O2/c18-11-7-6-10(9-14(11)22-8-2-5-15(22)23)17(24)21-13-4-1-3-12(19)16(13)20/h1,3-4,6-7,9H,2,5,8H2,(H,21,24). The van der Waals surface area contributed by atoms with Gasteiger partial charge in [0.25, 0.3) is 5.91 Å². The molecule has 4 nitrogen and oxygen atoms in total. The maximum Gasteiger partial charge on any atom is 0.255 e. The maximum absolute atomic E-state index is 12.5. The molecule has 7 heteroatoms. The van der Waals surface area contributed by atoms with Crippen molar-refractivity contribution in [1.82, 2.24) is 0 Å². The lowest BCUT2D eigenvalue weighted by molar-refractivity contribution is -0.117. The van der Waals surface area contributed by atoms with Crippen LogP contribution in [-0.4, -0.2) is 18.4 Å². The summed E-state index contributed by atoms with van der Waals surface area (Å²) in [7, 11) is 0. The van der Waals surface area contributed by atoms with Crippen molar-refractivity contribution in [2.24, 2.45) is 0 Å². The third-order valence-electron chi connectivity index (χ3n) is 3.77. The van der Waals surface area contributed by atoms with E-state index in [1.54, 1.807) is 41.3 Å². The largest absolute Gasteiger partial charge is 0.321 e. The van der Waals surface area contributed by atoms with Gasteiger partial charge in [-0.15, -0.1) is 0 Å². The first-order valence-electron chi connectivity index (χ1n) is 7.32. The van der Waals surface area contributed by atoms with Gasteiger partial charge in [0.2, 0.25) is 5.91 Å².